The second kappa shape index (κ2) is 8.43. The molecule has 0 atom stereocenters. The number of hydrogen-bond acceptors (Lipinski definition) is 4. The van der Waals surface area contributed by atoms with Gasteiger partial charge in [0.15, 0.2) is 0 Å². The number of nitriles is 1. The molecule has 2 aromatic carbocycles. The summed E-state index contributed by atoms with van der Waals surface area (Å²) in [6, 6.07) is 12.0. The lowest BCUT2D eigenvalue weighted by Gasteiger charge is -2.09. The van der Waals surface area contributed by atoms with Gasteiger partial charge < -0.3 is 15.4 Å². The van der Waals surface area contributed by atoms with Gasteiger partial charge >= 0.3 is 0 Å². The fourth-order valence-corrected chi connectivity index (χ4v) is 2.41. The van der Waals surface area contributed by atoms with Gasteiger partial charge in [-0.05, 0) is 42.8 Å². The molecule has 5 nitrogen and oxygen atoms in total. The Labute approximate surface area is 155 Å². The van der Waals surface area contributed by atoms with Crippen molar-refractivity contribution in [3.8, 4) is 11.8 Å². The first-order chi connectivity index (χ1) is 11.9. The lowest BCUT2D eigenvalue weighted by molar-refractivity contribution is -0.112. The van der Waals surface area contributed by atoms with Crippen LogP contribution in [0.25, 0.3) is 0 Å². The number of ether oxygens (including phenoxy) is 1. The second-order valence-electron chi connectivity index (χ2n) is 5.08. The van der Waals surface area contributed by atoms with Crippen LogP contribution in [0.3, 0.4) is 0 Å². The first-order valence-corrected chi connectivity index (χ1v) is 7.98. The molecule has 0 saturated heterocycles. The molecule has 7 heteroatoms. The van der Waals surface area contributed by atoms with Gasteiger partial charge in [-0.25, -0.2) is 0 Å². The van der Waals surface area contributed by atoms with E-state index in [0.29, 0.717) is 27.2 Å². The Hall–Kier alpha value is -2.68. The minimum Gasteiger partial charge on any atom is -0.495 e. The third-order valence-corrected chi connectivity index (χ3v) is 3.88. The lowest BCUT2D eigenvalue weighted by atomic mass is 10.2. The highest BCUT2D eigenvalue weighted by molar-refractivity contribution is 6.32. The molecule has 1 amide bonds. The van der Waals surface area contributed by atoms with Crippen molar-refractivity contribution < 1.29 is 9.53 Å². The normalized spacial score (nSPS) is 10.8. The Balaban J connectivity index is 2.14. The first kappa shape index (κ1) is 18.7. The van der Waals surface area contributed by atoms with Gasteiger partial charge in [0, 0.05) is 22.6 Å². The Morgan fingerprint density at radius 3 is 2.64 bits per heavy atom. The van der Waals surface area contributed by atoms with E-state index in [-0.39, 0.29) is 5.57 Å². The van der Waals surface area contributed by atoms with Crippen LogP contribution in [0, 0.1) is 18.3 Å². The number of benzene rings is 2. The topological polar surface area (TPSA) is 74.1 Å². The van der Waals surface area contributed by atoms with Gasteiger partial charge in [-0.3, -0.25) is 4.79 Å². The molecular formula is C18H15Cl2N3O2. The number of aryl methyl sites for hydroxylation is 1. The maximum atomic E-state index is 12.3. The standard InChI is InChI=1S/C18H15Cl2N3O2/c1-11-3-4-13(19)7-16(11)23-18(24)12(9-21)10-22-14-5-6-17(25-2)15(20)8-14/h3-8,10,22H,1-2H3,(H,23,24)/b12-10-. The van der Waals surface area contributed by atoms with Gasteiger partial charge in [-0.2, -0.15) is 5.26 Å². The van der Waals surface area contributed by atoms with Crippen LogP contribution < -0.4 is 15.4 Å². The number of nitrogens with one attached hydrogen (secondary N) is 2. The largest absolute Gasteiger partial charge is 0.495 e. The zero-order valence-corrected chi connectivity index (χ0v) is 15.1. The fourth-order valence-electron chi connectivity index (χ4n) is 1.98. The highest BCUT2D eigenvalue weighted by Gasteiger charge is 2.11. The van der Waals surface area contributed by atoms with Crippen LogP contribution in [0.15, 0.2) is 48.2 Å². The summed E-state index contributed by atoms with van der Waals surface area (Å²) in [5, 5.41) is 15.7. The molecule has 0 aliphatic rings. The summed E-state index contributed by atoms with van der Waals surface area (Å²) >= 11 is 12.0. The molecule has 0 fully saturated rings. The molecule has 0 aliphatic heterocycles. The van der Waals surface area contributed by atoms with E-state index in [4.69, 9.17) is 27.9 Å². The third kappa shape index (κ3) is 4.90. The van der Waals surface area contributed by atoms with Crippen molar-refractivity contribution in [3.63, 3.8) is 0 Å². The Kier molecular flexibility index (Phi) is 6.29. The summed E-state index contributed by atoms with van der Waals surface area (Å²) in [5.74, 6) is -0.00847. The molecule has 0 aromatic heterocycles. The van der Waals surface area contributed by atoms with E-state index in [1.807, 2.05) is 13.0 Å². The molecule has 0 aliphatic carbocycles. The average Bonchev–Trinajstić information content (AvgIpc) is 2.59. The summed E-state index contributed by atoms with van der Waals surface area (Å²) in [4.78, 5) is 12.3. The summed E-state index contributed by atoms with van der Waals surface area (Å²) in [6.45, 7) is 1.83. The molecule has 25 heavy (non-hydrogen) atoms. The third-order valence-electron chi connectivity index (χ3n) is 3.35. The van der Waals surface area contributed by atoms with Gasteiger partial charge in [0.25, 0.3) is 5.91 Å². The zero-order chi connectivity index (χ0) is 18.4. The molecule has 0 spiro atoms. The van der Waals surface area contributed by atoms with Gasteiger partial charge in [0.05, 0.1) is 12.1 Å². The molecule has 0 heterocycles. The summed E-state index contributed by atoms with van der Waals surface area (Å²) in [7, 11) is 1.52. The van der Waals surface area contributed by atoms with E-state index in [9.17, 15) is 10.1 Å². The minimum absolute atomic E-state index is 0.0914. The average molecular weight is 376 g/mol. The maximum Gasteiger partial charge on any atom is 0.267 e. The molecule has 0 unspecified atom stereocenters. The highest BCUT2D eigenvalue weighted by Crippen LogP contribution is 2.27. The molecular weight excluding hydrogens is 361 g/mol. The number of carbonyl (C=O) groups is 1. The van der Waals surface area contributed by atoms with Crippen LogP contribution in [0.2, 0.25) is 10.0 Å². The van der Waals surface area contributed by atoms with E-state index in [1.54, 1.807) is 36.4 Å². The number of rotatable bonds is 5. The molecule has 0 bridgehead atoms. The molecule has 2 rings (SSSR count). The van der Waals surface area contributed by atoms with Crippen molar-refractivity contribution in [1.29, 1.82) is 5.26 Å². The van der Waals surface area contributed by atoms with E-state index >= 15 is 0 Å². The van der Waals surface area contributed by atoms with E-state index in [1.165, 1.54) is 13.3 Å². The van der Waals surface area contributed by atoms with Crippen molar-refractivity contribution >= 4 is 40.5 Å². The Morgan fingerprint density at radius 1 is 1.24 bits per heavy atom. The lowest BCUT2D eigenvalue weighted by Crippen LogP contribution is -2.15. The zero-order valence-electron chi connectivity index (χ0n) is 13.6. The number of methoxy groups -OCH3 is 1. The van der Waals surface area contributed by atoms with Crippen molar-refractivity contribution in [3.05, 3.63) is 63.8 Å². The van der Waals surface area contributed by atoms with Crippen LogP contribution in [0.4, 0.5) is 11.4 Å². The number of amides is 1. The van der Waals surface area contributed by atoms with E-state index in [2.05, 4.69) is 10.6 Å². The van der Waals surface area contributed by atoms with E-state index < -0.39 is 5.91 Å². The summed E-state index contributed by atoms with van der Waals surface area (Å²) < 4.78 is 5.07. The second-order valence-corrected chi connectivity index (χ2v) is 5.92. The maximum absolute atomic E-state index is 12.3. The van der Waals surface area contributed by atoms with Gasteiger partial charge in [-0.1, -0.05) is 29.3 Å². The Bertz CT molecular complexity index is 873. The van der Waals surface area contributed by atoms with Crippen molar-refractivity contribution in [2.75, 3.05) is 17.7 Å². The SMILES string of the molecule is COc1ccc(N/C=C(/C#N)C(=O)Nc2cc(Cl)ccc2C)cc1Cl. The molecule has 0 saturated carbocycles. The van der Waals surface area contributed by atoms with Crippen LogP contribution in [0.5, 0.6) is 5.75 Å². The quantitative estimate of drug-likeness (QED) is 0.582. The summed E-state index contributed by atoms with van der Waals surface area (Å²) in [5.41, 5.74) is 1.91. The molecule has 0 radical (unpaired) electrons. The number of anilines is 2. The monoisotopic (exact) mass is 375 g/mol. The van der Waals surface area contributed by atoms with Crippen LogP contribution in [-0.4, -0.2) is 13.0 Å². The number of nitrogens with zero attached hydrogens (tertiary/aromatic N) is 1. The van der Waals surface area contributed by atoms with Crippen molar-refractivity contribution in [2.45, 2.75) is 6.92 Å². The fraction of sp³-hybridized carbons (Fsp3) is 0.111. The van der Waals surface area contributed by atoms with Gasteiger partial charge in [0.1, 0.15) is 17.4 Å². The number of halogens is 2. The number of carbonyl (C=O) groups excluding carboxylic acids is 1. The highest BCUT2D eigenvalue weighted by atomic mass is 35.5. The van der Waals surface area contributed by atoms with E-state index in [0.717, 1.165) is 5.56 Å². The smallest absolute Gasteiger partial charge is 0.267 e. The molecule has 2 aromatic rings. The van der Waals surface area contributed by atoms with Crippen molar-refractivity contribution in [1.82, 2.24) is 0 Å². The van der Waals surface area contributed by atoms with Gasteiger partial charge in [0.2, 0.25) is 0 Å². The van der Waals surface area contributed by atoms with Gasteiger partial charge in [-0.15, -0.1) is 0 Å². The predicted octanol–water partition coefficient (Wildman–Crippen LogP) is 4.77. The van der Waals surface area contributed by atoms with Crippen LogP contribution in [-0.2, 0) is 4.79 Å². The van der Waals surface area contributed by atoms with Crippen LogP contribution in [0.1, 0.15) is 5.56 Å². The summed E-state index contributed by atoms with van der Waals surface area (Å²) in [6.07, 6.45) is 1.31. The Morgan fingerprint density at radius 2 is 2.00 bits per heavy atom. The van der Waals surface area contributed by atoms with Crippen molar-refractivity contribution in [2.24, 2.45) is 0 Å². The predicted molar refractivity (Wildman–Crippen MR) is 100 cm³/mol. The molecule has 128 valence electrons. The van der Waals surface area contributed by atoms with Crippen LogP contribution >= 0.6 is 23.2 Å². The molecule has 2 N–H and O–H groups in total. The minimum atomic E-state index is -0.542. The first-order valence-electron chi connectivity index (χ1n) is 7.22. The number of hydrogen-bond donors (Lipinski definition) is 2.